The van der Waals surface area contributed by atoms with Crippen molar-refractivity contribution in [2.75, 3.05) is 18.4 Å². The number of nitrogens with two attached hydrogens (primary N) is 1. The fourth-order valence-corrected chi connectivity index (χ4v) is 2.86. The average molecular weight is 262 g/mol. The van der Waals surface area contributed by atoms with E-state index in [1.165, 1.54) is 32.1 Å². The lowest BCUT2D eigenvalue weighted by molar-refractivity contribution is 0.427. The van der Waals surface area contributed by atoms with Crippen LogP contribution in [0.5, 0.6) is 0 Å². The zero-order valence-corrected chi connectivity index (χ0v) is 12.2. The monoisotopic (exact) mass is 262 g/mol. The molecule has 0 radical (unpaired) electrons. The summed E-state index contributed by atoms with van der Waals surface area (Å²) in [4.78, 5) is 9.46. The van der Waals surface area contributed by atoms with Crippen LogP contribution < -0.4 is 11.1 Å². The van der Waals surface area contributed by atoms with Crippen LogP contribution in [0.15, 0.2) is 0 Å². The zero-order chi connectivity index (χ0) is 13.7. The molecule has 2 rings (SSSR count). The van der Waals surface area contributed by atoms with Gasteiger partial charge in [-0.2, -0.15) is 0 Å². The average Bonchev–Trinajstić information content (AvgIpc) is 2.43. The number of hydrogen-bond acceptors (Lipinski definition) is 4. The highest BCUT2D eigenvalue weighted by molar-refractivity contribution is 5.51. The fourth-order valence-electron chi connectivity index (χ4n) is 2.86. The van der Waals surface area contributed by atoms with E-state index in [4.69, 9.17) is 15.7 Å². The van der Waals surface area contributed by atoms with Crippen LogP contribution in [0.2, 0.25) is 0 Å². The van der Waals surface area contributed by atoms with Crippen LogP contribution in [0.1, 0.15) is 61.7 Å². The molecule has 3 N–H and O–H groups in total. The Labute approximate surface area is 116 Å². The highest BCUT2D eigenvalue weighted by atomic mass is 15.0. The first-order valence-electron chi connectivity index (χ1n) is 7.51. The van der Waals surface area contributed by atoms with Crippen LogP contribution >= 0.6 is 0 Å². The molecule has 0 atom stereocenters. The summed E-state index contributed by atoms with van der Waals surface area (Å²) in [6, 6.07) is 0. The van der Waals surface area contributed by atoms with Gasteiger partial charge in [0, 0.05) is 12.5 Å². The number of aryl methyl sites for hydroxylation is 2. The Bertz CT molecular complexity index is 388. The smallest absolute Gasteiger partial charge is 0.132 e. The quantitative estimate of drug-likeness (QED) is 0.801. The molecule has 0 aliphatic heterocycles. The second-order valence-corrected chi connectivity index (χ2v) is 5.53. The van der Waals surface area contributed by atoms with E-state index in [9.17, 15) is 0 Å². The third-order valence-electron chi connectivity index (χ3n) is 3.94. The van der Waals surface area contributed by atoms with Gasteiger partial charge in [-0.3, -0.25) is 0 Å². The molecule has 19 heavy (non-hydrogen) atoms. The zero-order valence-electron chi connectivity index (χ0n) is 12.2. The summed E-state index contributed by atoms with van der Waals surface area (Å²) >= 11 is 0. The molecule has 1 aromatic rings. The van der Waals surface area contributed by atoms with E-state index in [2.05, 4.69) is 19.2 Å². The topological polar surface area (TPSA) is 63.8 Å². The van der Waals surface area contributed by atoms with Crippen molar-refractivity contribution in [1.29, 1.82) is 0 Å². The molecule has 1 aliphatic rings. The third kappa shape index (κ3) is 3.66. The number of hydrogen-bond donors (Lipinski definition) is 2. The largest absolute Gasteiger partial charge is 0.382 e. The van der Waals surface area contributed by atoms with Crippen LogP contribution in [0.4, 0.5) is 5.69 Å². The maximum Gasteiger partial charge on any atom is 0.132 e. The lowest BCUT2D eigenvalue weighted by atomic mass is 9.88. The summed E-state index contributed by atoms with van der Waals surface area (Å²) in [7, 11) is 0. The van der Waals surface area contributed by atoms with Gasteiger partial charge in [-0.1, -0.05) is 19.3 Å². The van der Waals surface area contributed by atoms with E-state index >= 15 is 0 Å². The van der Waals surface area contributed by atoms with Crippen LogP contribution in [-0.2, 0) is 0 Å². The maximum absolute atomic E-state index is 5.52. The van der Waals surface area contributed by atoms with E-state index in [1.54, 1.807) is 0 Å². The number of anilines is 1. The first-order chi connectivity index (χ1) is 9.22. The Balaban J connectivity index is 2.11. The molecule has 1 aromatic heterocycles. The van der Waals surface area contributed by atoms with Gasteiger partial charge in [0.2, 0.25) is 0 Å². The lowest BCUT2D eigenvalue weighted by Gasteiger charge is -2.22. The van der Waals surface area contributed by atoms with E-state index < -0.39 is 0 Å². The van der Waals surface area contributed by atoms with Crippen molar-refractivity contribution in [3.8, 4) is 0 Å². The SMILES string of the molecule is Cc1nc(C2CCCCC2)nc(C)c1NCCCN. The highest BCUT2D eigenvalue weighted by Gasteiger charge is 2.19. The maximum atomic E-state index is 5.52. The van der Waals surface area contributed by atoms with Crippen molar-refractivity contribution >= 4 is 5.69 Å². The van der Waals surface area contributed by atoms with Gasteiger partial charge in [0.05, 0.1) is 17.1 Å². The standard InChI is InChI=1S/C15H26N4/c1-11-14(17-10-6-9-16)12(2)19-15(18-11)13-7-4-3-5-8-13/h13,17H,3-10,16H2,1-2H3. The molecule has 0 bridgehead atoms. The van der Waals surface area contributed by atoms with E-state index in [1.807, 2.05) is 0 Å². The van der Waals surface area contributed by atoms with E-state index in [-0.39, 0.29) is 0 Å². The minimum absolute atomic E-state index is 0.573. The molecular formula is C15H26N4. The molecule has 1 heterocycles. The summed E-state index contributed by atoms with van der Waals surface area (Å²) in [6.45, 7) is 5.76. The van der Waals surface area contributed by atoms with Gasteiger partial charge in [0.15, 0.2) is 0 Å². The minimum atomic E-state index is 0.573. The predicted molar refractivity (Wildman–Crippen MR) is 79.5 cm³/mol. The third-order valence-corrected chi connectivity index (χ3v) is 3.94. The molecule has 106 valence electrons. The second kappa shape index (κ2) is 6.85. The Morgan fingerprint density at radius 3 is 2.32 bits per heavy atom. The summed E-state index contributed by atoms with van der Waals surface area (Å²) in [5.74, 6) is 1.63. The molecule has 0 aromatic carbocycles. The van der Waals surface area contributed by atoms with Crippen LogP contribution in [-0.4, -0.2) is 23.1 Å². The number of rotatable bonds is 5. The summed E-state index contributed by atoms with van der Waals surface area (Å²) in [5, 5.41) is 3.41. The van der Waals surface area contributed by atoms with Gasteiger partial charge < -0.3 is 11.1 Å². The molecule has 4 nitrogen and oxygen atoms in total. The van der Waals surface area contributed by atoms with Gasteiger partial charge in [0.25, 0.3) is 0 Å². The van der Waals surface area contributed by atoms with Gasteiger partial charge in [-0.25, -0.2) is 9.97 Å². The first-order valence-corrected chi connectivity index (χ1v) is 7.51. The lowest BCUT2D eigenvalue weighted by Crippen LogP contribution is -2.15. The molecule has 0 spiro atoms. The van der Waals surface area contributed by atoms with Gasteiger partial charge in [-0.15, -0.1) is 0 Å². The summed E-state index contributed by atoms with van der Waals surface area (Å²) < 4.78 is 0. The van der Waals surface area contributed by atoms with Crippen molar-refractivity contribution < 1.29 is 0 Å². The van der Waals surface area contributed by atoms with Gasteiger partial charge in [-0.05, 0) is 39.7 Å². The Hall–Kier alpha value is -1.16. The number of nitrogens with zero attached hydrogens (tertiary/aromatic N) is 2. The predicted octanol–water partition coefficient (Wildman–Crippen LogP) is 2.90. The fraction of sp³-hybridized carbons (Fsp3) is 0.733. The van der Waals surface area contributed by atoms with Crippen LogP contribution in [0.25, 0.3) is 0 Å². The van der Waals surface area contributed by atoms with Crippen molar-refractivity contribution in [2.24, 2.45) is 5.73 Å². The second-order valence-electron chi connectivity index (χ2n) is 5.53. The van der Waals surface area contributed by atoms with Crippen molar-refractivity contribution in [3.05, 3.63) is 17.2 Å². The molecule has 0 unspecified atom stereocenters. The summed E-state index contributed by atoms with van der Waals surface area (Å²) in [6.07, 6.45) is 7.49. The molecular weight excluding hydrogens is 236 g/mol. The van der Waals surface area contributed by atoms with E-state index in [0.29, 0.717) is 12.5 Å². The molecule has 0 saturated heterocycles. The van der Waals surface area contributed by atoms with Crippen molar-refractivity contribution in [2.45, 2.75) is 58.3 Å². The molecule has 4 heteroatoms. The minimum Gasteiger partial charge on any atom is -0.382 e. The van der Waals surface area contributed by atoms with Gasteiger partial charge in [0.1, 0.15) is 5.82 Å². The normalized spacial score (nSPS) is 16.6. The van der Waals surface area contributed by atoms with Gasteiger partial charge >= 0.3 is 0 Å². The van der Waals surface area contributed by atoms with Crippen LogP contribution in [0.3, 0.4) is 0 Å². The van der Waals surface area contributed by atoms with E-state index in [0.717, 1.165) is 35.9 Å². The Morgan fingerprint density at radius 1 is 1.11 bits per heavy atom. The Morgan fingerprint density at radius 2 is 1.74 bits per heavy atom. The molecule has 1 saturated carbocycles. The molecule has 1 fully saturated rings. The summed E-state index contributed by atoms with van der Waals surface area (Å²) in [5.41, 5.74) is 8.76. The first kappa shape index (κ1) is 14.3. The molecule has 0 amide bonds. The Kier molecular flexibility index (Phi) is 5.14. The highest BCUT2D eigenvalue weighted by Crippen LogP contribution is 2.31. The number of aromatic nitrogens is 2. The van der Waals surface area contributed by atoms with Crippen molar-refractivity contribution in [1.82, 2.24) is 9.97 Å². The van der Waals surface area contributed by atoms with Crippen molar-refractivity contribution in [3.63, 3.8) is 0 Å². The number of nitrogens with one attached hydrogen (secondary N) is 1. The van der Waals surface area contributed by atoms with Crippen LogP contribution in [0, 0.1) is 13.8 Å². The molecule has 1 aliphatic carbocycles.